The average Bonchev–Trinajstić information content (AvgIpc) is 2.67. The maximum absolute atomic E-state index is 6.00. The maximum Gasteiger partial charge on any atom is 0.224 e. The average molecular weight is 484 g/mol. The third kappa shape index (κ3) is 8.03. The Labute approximate surface area is 178 Å². The van der Waals surface area contributed by atoms with Crippen LogP contribution in [0.25, 0.3) is 0 Å². The number of para-hydroxylation sites is 2. The number of halogens is 1. The van der Waals surface area contributed by atoms with Gasteiger partial charge < -0.3 is 20.5 Å². The Bertz CT molecular complexity index is 710. The molecule has 6 nitrogen and oxygen atoms in total. The zero-order chi connectivity index (χ0) is 18.6. The SMILES string of the molecule is CCCCNC(N)=NCc1cccnc1Oc1ccccc1OCCC.I. The van der Waals surface area contributed by atoms with Crippen molar-refractivity contribution in [2.24, 2.45) is 10.7 Å². The topological polar surface area (TPSA) is 81.8 Å². The summed E-state index contributed by atoms with van der Waals surface area (Å²) in [7, 11) is 0. The molecule has 0 amide bonds. The fourth-order valence-corrected chi connectivity index (χ4v) is 2.23. The number of hydrogen-bond acceptors (Lipinski definition) is 4. The summed E-state index contributed by atoms with van der Waals surface area (Å²) < 4.78 is 11.7. The van der Waals surface area contributed by atoms with E-state index in [1.807, 2.05) is 36.4 Å². The molecule has 2 aromatic rings. The molecule has 2 rings (SSSR count). The molecule has 0 fully saturated rings. The van der Waals surface area contributed by atoms with E-state index in [4.69, 9.17) is 15.2 Å². The lowest BCUT2D eigenvalue weighted by atomic mass is 10.2. The number of rotatable bonds is 10. The largest absolute Gasteiger partial charge is 0.490 e. The molecule has 1 aromatic heterocycles. The fraction of sp³-hybridized carbons (Fsp3) is 0.400. The first-order valence-corrected chi connectivity index (χ1v) is 9.12. The van der Waals surface area contributed by atoms with E-state index >= 15 is 0 Å². The van der Waals surface area contributed by atoms with Crippen LogP contribution in [0.15, 0.2) is 47.6 Å². The number of hydrogen-bond donors (Lipinski definition) is 2. The highest BCUT2D eigenvalue weighted by Gasteiger charge is 2.10. The van der Waals surface area contributed by atoms with E-state index in [0.29, 0.717) is 36.5 Å². The molecule has 148 valence electrons. The van der Waals surface area contributed by atoms with Gasteiger partial charge in [-0.05, 0) is 31.0 Å². The van der Waals surface area contributed by atoms with Gasteiger partial charge in [-0.3, -0.25) is 0 Å². The first kappa shape index (κ1) is 23.0. The van der Waals surface area contributed by atoms with Crippen LogP contribution >= 0.6 is 24.0 Å². The van der Waals surface area contributed by atoms with Crippen LogP contribution in [-0.4, -0.2) is 24.1 Å². The number of nitrogens with one attached hydrogen (secondary N) is 1. The molecule has 0 aliphatic carbocycles. The van der Waals surface area contributed by atoms with E-state index in [9.17, 15) is 0 Å². The smallest absolute Gasteiger partial charge is 0.224 e. The third-order valence-corrected chi connectivity index (χ3v) is 3.62. The van der Waals surface area contributed by atoms with Crippen LogP contribution in [0.5, 0.6) is 17.4 Å². The fourth-order valence-electron chi connectivity index (χ4n) is 2.23. The Kier molecular flexibility index (Phi) is 11.2. The lowest BCUT2D eigenvalue weighted by Gasteiger charge is -2.13. The molecule has 0 spiro atoms. The molecule has 7 heteroatoms. The Morgan fingerprint density at radius 2 is 1.89 bits per heavy atom. The van der Waals surface area contributed by atoms with Gasteiger partial charge in [-0.15, -0.1) is 24.0 Å². The van der Waals surface area contributed by atoms with Crippen LogP contribution in [0.4, 0.5) is 0 Å². The second-order valence-corrected chi connectivity index (χ2v) is 5.85. The quantitative estimate of drug-likeness (QED) is 0.225. The zero-order valence-corrected chi connectivity index (χ0v) is 18.3. The van der Waals surface area contributed by atoms with Crippen LogP contribution in [-0.2, 0) is 6.54 Å². The second-order valence-electron chi connectivity index (χ2n) is 5.85. The molecular weight excluding hydrogens is 455 g/mol. The second kappa shape index (κ2) is 13.2. The van der Waals surface area contributed by atoms with Gasteiger partial charge in [0.15, 0.2) is 17.5 Å². The van der Waals surface area contributed by atoms with Crippen molar-refractivity contribution in [2.75, 3.05) is 13.2 Å². The molecule has 0 saturated heterocycles. The Hall–Kier alpha value is -2.03. The Morgan fingerprint density at radius 1 is 1.11 bits per heavy atom. The summed E-state index contributed by atoms with van der Waals surface area (Å²) in [6.07, 6.45) is 4.80. The normalized spacial score (nSPS) is 10.8. The van der Waals surface area contributed by atoms with Gasteiger partial charge in [0, 0.05) is 18.3 Å². The zero-order valence-electron chi connectivity index (χ0n) is 16.0. The van der Waals surface area contributed by atoms with Crippen LogP contribution in [0, 0.1) is 0 Å². The summed E-state index contributed by atoms with van der Waals surface area (Å²) in [6, 6.07) is 11.4. The Morgan fingerprint density at radius 3 is 2.63 bits per heavy atom. The van der Waals surface area contributed by atoms with Gasteiger partial charge in [0.2, 0.25) is 5.88 Å². The maximum atomic E-state index is 6.00. The summed E-state index contributed by atoms with van der Waals surface area (Å²) in [4.78, 5) is 8.71. The van der Waals surface area contributed by atoms with Gasteiger partial charge in [-0.1, -0.05) is 38.5 Å². The monoisotopic (exact) mass is 484 g/mol. The van der Waals surface area contributed by atoms with Crippen molar-refractivity contribution in [3.63, 3.8) is 0 Å². The molecule has 0 bridgehead atoms. The van der Waals surface area contributed by atoms with E-state index in [2.05, 4.69) is 29.1 Å². The Balaban J connectivity index is 0.00000364. The summed E-state index contributed by atoms with van der Waals surface area (Å²) in [6.45, 7) is 6.06. The van der Waals surface area contributed by atoms with Gasteiger partial charge >= 0.3 is 0 Å². The molecule has 0 atom stereocenters. The molecule has 27 heavy (non-hydrogen) atoms. The molecule has 3 N–H and O–H groups in total. The van der Waals surface area contributed by atoms with Gasteiger partial charge in [-0.25, -0.2) is 9.98 Å². The molecule has 0 unspecified atom stereocenters. The van der Waals surface area contributed by atoms with E-state index < -0.39 is 0 Å². The molecule has 0 aliphatic heterocycles. The highest BCUT2D eigenvalue weighted by Crippen LogP contribution is 2.32. The van der Waals surface area contributed by atoms with Crippen LogP contribution < -0.4 is 20.5 Å². The van der Waals surface area contributed by atoms with Crippen molar-refractivity contribution in [1.29, 1.82) is 0 Å². The lowest BCUT2D eigenvalue weighted by Crippen LogP contribution is -2.32. The molecule has 0 saturated carbocycles. The van der Waals surface area contributed by atoms with Gasteiger partial charge in [0.25, 0.3) is 0 Å². The lowest BCUT2D eigenvalue weighted by molar-refractivity contribution is 0.300. The first-order valence-electron chi connectivity index (χ1n) is 9.12. The van der Waals surface area contributed by atoms with Gasteiger partial charge in [0.1, 0.15) is 0 Å². The predicted molar refractivity (Wildman–Crippen MR) is 120 cm³/mol. The van der Waals surface area contributed by atoms with E-state index in [-0.39, 0.29) is 24.0 Å². The molecule has 1 heterocycles. The minimum Gasteiger partial charge on any atom is -0.490 e. The number of ether oxygens (including phenoxy) is 2. The van der Waals surface area contributed by atoms with E-state index in [0.717, 1.165) is 31.4 Å². The number of unbranched alkanes of at least 4 members (excludes halogenated alkanes) is 1. The van der Waals surface area contributed by atoms with Crippen molar-refractivity contribution in [3.05, 3.63) is 48.2 Å². The summed E-state index contributed by atoms with van der Waals surface area (Å²) in [5, 5.41) is 3.10. The summed E-state index contributed by atoms with van der Waals surface area (Å²) in [5.74, 6) is 2.28. The number of benzene rings is 1. The summed E-state index contributed by atoms with van der Waals surface area (Å²) in [5.41, 5.74) is 6.76. The van der Waals surface area contributed by atoms with Crippen molar-refractivity contribution in [1.82, 2.24) is 10.3 Å². The van der Waals surface area contributed by atoms with E-state index in [1.54, 1.807) is 6.20 Å². The van der Waals surface area contributed by atoms with Crippen molar-refractivity contribution in [2.45, 2.75) is 39.7 Å². The highest BCUT2D eigenvalue weighted by molar-refractivity contribution is 14.0. The first-order chi connectivity index (χ1) is 12.7. The van der Waals surface area contributed by atoms with Crippen LogP contribution in [0.2, 0.25) is 0 Å². The van der Waals surface area contributed by atoms with Crippen molar-refractivity contribution >= 4 is 29.9 Å². The molecule has 1 aromatic carbocycles. The predicted octanol–water partition coefficient (Wildman–Crippen LogP) is 4.49. The number of nitrogens with zero attached hydrogens (tertiary/aromatic N) is 2. The van der Waals surface area contributed by atoms with Crippen molar-refractivity contribution < 1.29 is 9.47 Å². The number of pyridine rings is 1. The third-order valence-electron chi connectivity index (χ3n) is 3.62. The molecule has 0 aliphatic rings. The van der Waals surface area contributed by atoms with Gasteiger partial charge in [-0.2, -0.15) is 0 Å². The number of guanidine groups is 1. The standard InChI is InChI=1S/C20H28N4O2.HI/c1-3-5-12-23-20(21)24-15-16-9-8-13-22-19(16)26-18-11-7-6-10-17(18)25-14-4-2;/h6-11,13H,3-5,12,14-15H2,1-2H3,(H3,21,23,24);1H. The summed E-state index contributed by atoms with van der Waals surface area (Å²) >= 11 is 0. The molecule has 0 radical (unpaired) electrons. The minimum absolute atomic E-state index is 0. The van der Waals surface area contributed by atoms with Crippen LogP contribution in [0.3, 0.4) is 0 Å². The van der Waals surface area contributed by atoms with Gasteiger partial charge in [0.05, 0.1) is 13.2 Å². The highest BCUT2D eigenvalue weighted by atomic mass is 127. The number of nitrogens with two attached hydrogens (primary N) is 1. The number of aliphatic imine (C=N–C) groups is 1. The van der Waals surface area contributed by atoms with E-state index in [1.165, 1.54) is 0 Å². The number of aromatic nitrogens is 1. The van der Waals surface area contributed by atoms with Crippen LogP contribution in [0.1, 0.15) is 38.7 Å². The molecular formula is C20H29IN4O2. The van der Waals surface area contributed by atoms with Crippen molar-refractivity contribution in [3.8, 4) is 17.4 Å². The minimum atomic E-state index is 0.